The van der Waals surface area contributed by atoms with Crippen LogP contribution in [0.5, 0.6) is 0 Å². The highest BCUT2D eigenvalue weighted by Gasteiger charge is 2.17. The van der Waals surface area contributed by atoms with Crippen molar-refractivity contribution in [2.24, 2.45) is 0 Å². The van der Waals surface area contributed by atoms with Gasteiger partial charge in [-0.05, 0) is 49.7 Å². The SMILES string of the molecule is CC(CNCc1cc(Br)c(Cl)s1)NC(=O)OC(C)(C)C. The number of nitrogens with one attached hydrogen (secondary N) is 2. The minimum absolute atomic E-state index is 0.0104. The number of halogens is 2. The van der Waals surface area contributed by atoms with Crippen molar-refractivity contribution < 1.29 is 9.53 Å². The Balaban J connectivity index is 2.26. The van der Waals surface area contributed by atoms with Crippen molar-refractivity contribution in [1.82, 2.24) is 10.6 Å². The first-order valence-electron chi connectivity index (χ1n) is 6.31. The predicted molar refractivity (Wildman–Crippen MR) is 87.6 cm³/mol. The fourth-order valence-corrected chi connectivity index (χ4v) is 3.21. The summed E-state index contributed by atoms with van der Waals surface area (Å²) in [5, 5.41) is 6.05. The van der Waals surface area contributed by atoms with Gasteiger partial charge in [0, 0.05) is 28.5 Å². The number of alkyl carbamates (subject to hydrolysis) is 1. The van der Waals surface area contributed by atoms with Crippen LogP contribution in [0.1, 0.15) is 32.6 Å². The van der Waals surface area contributed by atoms with Crippen molar-refractivity contribution in [3.63, 3.8) is 0 Å². The summed E-state index contributed by atoms with van der Waals surface area (Å²) in [6.45, 7) is 8.83. The average Bonchev–Trinajstić information content (AvgIpc) is 2.55. The number of hydrogen-bond acceptors (Lipinski definition) is 4. The van der Waals surface area contributed by atoms with Crippen molar-refractivity contribution >= 4 is 45.0 Å². The molecule has 1 unspecified atom stereocenters. The largest absolute Gasteiger partial charge is 0.444 e. The zero-order valence-electron chi connectivity index (χ0n) is 12.0. The van der Waals surface area contributed by atoms with Crippen molar-refractivity contribution in [2.75, 3.05) is 6.54 Å². The molecule has 7 heteroatoms. The molecule has 0 spiro atoms. The van der Waals surface area contributed by atoms with Gasteiger partial charge in [0.1, 0.15) is 9.94 Å². The normalized spacial score (nSPS) is 13.1. The van der Waals surface area contributed by atoms with Gasteiger partial charge in [0.2, 0.25) is 0 Å². The van der Waals surface area contributed by atoms with E-state index in [1.165, 1.54) is 11.3 Å². The van der Waals surface area contributed by atoms with Crippen LogP contribution in [0.3, 0.4) is 0 Å². The van der Waals surface area contributed by atoms with Crippen LogP contribution in [0.2, 0.25) is 4.34 Å². The third-order valence-electron chi connectivity index (χ3n) is 2.21. The minimum atomic E-state index is -0.475. The first-order valence-corrected chi connectivity index (χ1v) is 8.30. The molecule has 0 aliphatic rings. The summed E-state index contributed by atoms with van der Waals surface area (Å²) >= 11 is 10.9. The van der Waals surface area contributed by atoms with Gasteiger partial charge < -0.3 is 15.4 Å². The molecule has 1 amide bonds. The van der Waals surface area contributed by atoms with Gasteiger partial charge in [0.05, 0.1) is 0 Å². The summed E-state index contributed by atoms with van der Waals surface area (Å²) in [6, 6.07) is 1.98. The van der Waals surface area contributed by atoms with Gasteiger partial charge in [-0.2, -0.15) is 0 Å². The van der Waals surface area contributed by atoms with Gasteiger partial charge in [0.15, 0.2) is 0 Å². The fourth-order valence-electron chi connectivity index (χ4n) is 1.45. The number of amides is 1. The average molecular weight is 384 g/mol. The highest BCUT2D eigenvalue weighted by molar-refractivity contribution is 9.10. The maximum absolute atomic E-state index is 11.6. The maximum Gasteiger partial charge on any atom is 0.407 e. The first kappa shape index (κ1) is 17.8. The second-order valence-corrected chi connectivity index (χ2v) is 8.11. The van der Waals surface area contributed by atoms with E-state index in [4.69, 9.17) is 16.3 Å². The molecule has 0 fully saturated rings. The van der Waals surface area contributed by atoms with Gasteiger partial charge in [-0.15, -0.1) is 11.3 Å². The molecule has 1 rings (SSSR count). The lowest BCUT2D eigenvalue weighted by molar-refractivity contribution is 0.0508. The number of thiophene rings is 1. The lowest BCUT2D eigenvalue weighted by Gasteiger charge is -2.22. The Hall–Kier alpha value is -0.300. The zero-order valence-corrected chi connectivity index (χ0v) is 15.2. The number of rotatable bonds is 5. The monoisotopic (exact) mass is 382 g/mol. The Morgan fingerprint density at radius 1 is 1.55 bits per heavy atom. The molecule has 114 valence electrons. The molecule has 1 atom stereocenters. The lowest BCUT2D eigenvalue weighted by Crippen LogP contribution is -2.42. The van der Waals surface area contributed by atoms with Gasteiger partial charge in [-0.1, -0.05) is 11.6 Å². The molecule has 0 aliphatic carbocycles. The quantitative estimate of drug-likeness (QED) is 0.802. The molecule has 2 N–H and O–H groups in total. The van der Waals surface area contributed by atoms with E-state index in [2.05, 4.69) is 26.6 Å². The highest BCUT2D eigenvalue weighted by atomic mass is 79.9. The lowest BCUT2D eigenvalue weighted by atomic mass is 10.2. The Morgan fingerprint density at radius 3 is 2.70 bits per heavy atom. The van der Waals surface area contributed by atoms with Gasteiger partial charge >= 0.3 is 6.09 Å². The van der Waals surface area contributed by atoms with E-state index < -0.39 is 11.7 Å². The summed E-state index contributed by atoms with van der Waals surface area (Å²) in [5.41, 5.74) is -0.475. The predicted octanol–water partition coefficient (Wildman–Crippen LogP) is 4.17. The first-order chi connectivity index (χ1) is 9.17. The van der Waals surface area contributed by atoms with Crippen molar-refractivity contribution in [3.05, 3.63) is 19.8 Å². The van der Waals surface area contributed by atoms with Gasteiger partial charge in [-0.3, -0.25) is 0 Å². The Kier molecular flexibility index (Phi) is 6.78. The molecular formula is C13H20BrClN2O2S. The third-order valence-corrected chi connectivity index (χ3v) is 4.68. The topological polar surface area (TPSA) is 50.4 Å². The highest BCUT2D eigenvalue weighted by Crippen LogP contribution is 2.31. The van der Waals surface area contributed by atoms with E-state index in [1.54, 1.807) is 0 Å². The molecular weight excluding hydrogens is 364 g/mol. The van der Waals surface area contributed by atoms with Crippen molar-refractivity contribution in [3.8, 4) is 0 Å². The van der Waals surface area contributed by atoms with Crippen LogP contribution in [-0.4, -0.2) is 24.3 Å². The number of hydrogen-bond donors (Lipinski definition) is 2. The Morgan fingerprint density at radius 2 is 2.20 bits per heavy atom. The van der Waals surface area contributed by atoms with Crippen LogP contribution in [-0.2, 0) is 11.3 Å². The summed E-state index contributed by atoms with van der Waals surface area (Å²) in [4.78, 5) is 12.7. The van der Waals surface area contributed by atoms with Crippen LogP contribution in [0.25, 0.3) is 0 Å². The van der Waals surface area contributed by atoms with Crippen LogP contribution >= 0.6 is 38.9 Å². The van der Waals surface area contributed by atoms with Gasteiger partial charge in [0.25, 0.3) is 0 Å². The standard InChI is InChI=1S/C13H20BrClN2O2S/c1-8(17-12(18)19-13(2,3)4)6-16-7-9-5-10(14)11(15)20-9/h5,8,16H,6-7H2,1-4H3,(H,17,18). The fraction of sp³-hybridized carbons (Fsp3) is 0.615. The molecule has 1 heterocycles. The van der Waals surface area contributed by atoms with E-state index in [0.29, 0.717) is 6.54 Å². The van der Waals surface area contributed by atoms with Crippen LogP contribution in [0.15, 0.2) is 10.5 Å². The van der Waals surface area contributed by atoms with Crippen molar-refractivity contribution in [2.45, 2.75) is 45.9 Å². The third kappa shape index (κ3) is 6.92. The number of carbonyl (C=O) groups excluding carboxylic acids is 1. The smallest absolute Gasteiger partial charge is 0.407 e. The second-order valence-electron chi connectivity index (χ2n) is 5.51. The van der Waals surface area contributed by atoms with E-state index in [1.807, 2.05) is 33.8 Å². The molecule has 1 aromatic heterocycles. The molecule has 0 saturated heterocycles. The summed E-state index contributed by atoms with van der Waals surface area (Å²) in [5.74, 6) is 0. The van der Waals surface area contributed by atoms with E-state index in [-0.39, 0.29) is 6.04 Å². The molecule has 0 radical (unpaired) electrons. The van der Waals surface area contributed by atoms with Crippen LogP contribution < -0.4 is 10.6 Å². The van der Waals surface area contributed by atoms with Crippen molar-refractivity contribution in [1.29, 1.82) is 0 Å². The van der Waals surface area contributed by atoms with E-state index in [9.17, 15) is 4.79 Å². The number of carbonyl (C=O) groups is 1. The number of ether oxygens (including phenoxy) is 1. The molecule has 0 aromatic carbocycles. The Bertz CT molecular complexity index is 440. The molecule has 20 heavy (non-hydrogen) atoms. The summed E-state index contributed by atoms with van der Waals surface area (Å²) in [7, 11) is 0. The maximum atomic E-state index is 11.6. The van der Waals surface area contributed by atoms with Crippen LogP contribution in [0.4, 0.5) is 4.79 Å². The van der Waals surface area contributed by atoms with E-state index in [0.717, 1.165) is 20.2 Å². The summed E-state index contributed by atoms with van der Waals surface area (Å²) < 4.78 is 6.86. The van der Waals surface area contributed by atoms with Gasteiger partial charge in [-0.25, -0.2) is 4.79 Å². The Labute approximate surface area is 137 Å². The second kappa shape index (κ2) is 7.64. The molecule has 0 saturated carbocycles. The molecule has 4 nitrogen and oxygen atoms in total. The van der Waals surface area contributed by atoms with Crippen LogP contribution in [0, 0.1) is 0 Å². The minimum Gasteiger partial charge on any atom is -0.444 e. The molecule has 0 bridgehead atoms. The van der Waals surface area contributed by atoms with E-state index >= 15 is 0 Å². The molecule has 1 aromatic rings. The molecule has 0 aliphatic heterocycles. The zero-order chi connectivity index (χ0) is 15.3. The summed E-state index contributed by atoms with van der Waals surface area (Å²) in [6.07, 6.45) is -0.395.